The summed E-state index contributed by atoms with van der Waals surface area (Å²) in [6.07, 6.45) is 13.5. The molecule has 2 unspecified atom stereocenters. The molecule has 2 N–H and O–H groups in total. The van der Waals surface area contributed by atoms with E-state index in [2.05, 4.69) is 59.7 Å². The topological polar surface area (TPSA) is 83.7 Å². The van der Waals surface area contributed by atoms with Gasteiger partial charge >= 0.3 is 0 Å². The highest BCUT2D eigenvalue weighted by molar-refractivity contribution is 6.04. The van der Waals surface area contributed by atoms with E-state index in [-0.39, 0.29) is 5.91 Å². The van der Waals surface area contributed by atoms with Crippen molar-refractivity contribution in [3.8, 4) is 11.1 Å². The monoisotopic (exact) mass is 494 g/mol. The molecule has 2 aliphatic rings. The highest BCUT2D eigenvalue weighted by Crippen LogP contribution is 2.26. The number of fused-ring (bicyclic) bond motifs is 1. The molecule has 37 heavy (non-hydrogen) atoms. The predicted molar refractivity (Wildman–Crippen MR) is 149 cm³/mol. The summed E-state index contributed by atoms with van der Waals surface area (Å²) in [6.45, 7) is 11.3. The van der Waals surface area contributed by atoms with E-state index in [1.54, 1.807) is 10.7 Å². The molecule has 0 fully saturated rings. The molecule has 3 aromatic heterocycles. The minimum absolute atomic E-state index is 0.184. The van der Waals surface area contributed by atoms with Crippen LogP contribution in [-0.4, -0.2) is 38.9 Å². The molecule has 190 valence electrons. The fourth-order valence-corrected chi connectivity index (χ4v) is 4.84. The van der Waals surface area contributed by atoms with E-state index >= 15 is 0 Å². The molecule has 7 heteroatoms. The Morgan fingerprint density at radius 1 is 1.24 bits per heavy atom. The second-order valence-electron chi connectivity index (χ2n) is 10.1. The lowest BCUT2D eigenvalue weighted by Gasteiger charge is -2.18. The average molecular weight is 495 g/mol. The maximum absolute atomic E-state index is 13.5. The highest BCUT2D eigenvalue weighted by atomic mass is 16.1. The summed E-state index contributed by atoms with van der Waals surface area (Å²) in [6, 6.07) is 6.42. The number of pyridine rings is 2. The molecule has 0 spiro atoms. The Kier molecular flexibility index (Phi) is 6.78. The van der Waals surface area contributed by atoms with E-state index < -0.39 is 0 Å². The Labute approximate surface area is 218 Å². The van der Waals surface area contributed by atoms with E-state index in [4.69, 9.17) is 4.99 Å². The minimum Gasteiger partial charge on any atom is -0.365 e. The van der Waals surface area contributed by atoms with Crippen LogP contribution in [0.15, 0.2) is 76.9 Å². The van der Waals surface area contributed by atoms with Gasteiger partial charge in [0.15, 0.2) is 0 Å². The highest BCUT2D eigenvalue weighted by Gasteiger charge is 2.24. The number of amidine groups is 1. The smallest absolute Gasteiger partial charge is 0.259 e. The van der Waals surface area contributed by atoms with E-state index in [1.807, 2.05) is 44.4 Å². The van der Waals surface area contributed by atoms with Crippen LogP contribution >= 0.6 is 0 Å². The van der Waals surface area contributed by atoms with Crippen LogP contribution < -0.4 is 10.6 Å². The van der Waals surface area contributed by atoms with Crippen LogP contribution in [0.2, 0.25) is 0 Å². The van der Waals surface area contributed by atoms with Gasteiger partial charge in [0, 0.05) is 41.0 Å². The van der Waals surface area contributed by atoms with Crippen molar-refractivity contribution < 1.29 is 4.79 Å². The number of rotatable bonds is 6. The van der Waals surface area contributed by atoms with Crippen molar-refractivity contribution in [2.24, 2.45) is 10.9 Å². The minimum atomic E-state index is -0.184. The molecule has 0 saturated carbocycles. The van der Waals surface area contributed by atoms with Crippen molar-refractivity contribution in [2.45, 2.75) is 53.5 Å². The van der Waals surface area contributed by atoms with Gasteiger partial charge in [-0.05, 0) is 74.1 Å². The Hall–Kier alpha value is -4.00. The van der Waals surface area contributed by atoms with Gasteiger partial charge < -0.3 is 10.6 Å². The van der Waals surface area contributed by atoms with Gasteiger partial charge in [-0.15, -0.1) is 0 Å². The molecule has 0 bridgehead atoms. The third-order valence-electron chi connectivity index (χ3n) is 7.43. The van der Waals surface area contributed by atoms with Gasteiger partial charge in [-0.3, -0.25) is 14.8 Å². The van der Waals surface area contributed by atoms with Crippen molar-refractivity contribution in [3.05, 3.63) is 88.7 Å². The molecule has 1 aliphatic carbocycles. The van der Waals surface area contributed by atoms with Crippen LogP contribution in [0.1, 0.15) is 55.2 Å². The Balaban J connectivity index is 1.41. The molecule has 2 atom stereocenters. The standard InChI is InChI=1S/C30H34N6O/c1-6-18(2)27-17-32-29(34-27)23-9-7-8-19(3)26(13-23)35-30(37)25-16-33-36-11-10-22(14-28(25)36)24-15-31-21(5)12-20(24)4/h7,9-16,18,27H,6,8,17H2,1-5H3,(H,32,34)(H,35,37). The SMILES string of the molecule is CCC(C)C1CN=C(C2=CC(NC(=O)c3cnn4ccc(-c5cnc(C)cc5C)cc34)=C(C)CC=C2)N1. The Morgan fingerprint density at radius 3 is 2.86 bits per heavy atom. The molecule has 0 saturated heterocycles. The summed E-state index contributed by atoms with van der Waals surface area (Å²) in [7, 11) is 0. The number of aliphatic imine (C=N–C) groups is 1. The maximum atomic E-state index is 13.5. The van der Waals surface area contributed by atoms with Crippen molar-refractivity contribution in [2.75, 3.05) is 6.54 Å². The maximum Gasteiger partial charge on any atom is 0.259 e. The van der Waals surface area contributed by atoms with Gasteiger partial charge in [-0.2, -0.15) is 5.10 Å². The lowest BCUT2D eigenvalue weighted by Crippen LogP contribution is -2.36. The second kappa shape index (κ2) is 10.2. The van der Waals surface area contributed by atoms with Gasteiger partial charge in [0.25, 0.3) is 5.91 Å². The number of aryl methyl sites for hydroxylation is 2. The number of nitrogens with zero attached hydrogens (tertiary/aromatic N) is 4. The van der Waals surface area contributed by atoms with Crippen LogP contribution in [0.4, 0.5) is 0 Å². The van der Waals surface area contributed by atoms with Gasteiger partial charge in [-0.1, -0.05) is 32.4 Å². The van der Waals surface area contributed by atoms with E-state index in [0.717, 1.165) is 70.0 Å². The summed E-state index contributed by atoms with van der Waals surface area (Å²) in [4.78, 5) is 22.7. The van der Waals surface area contributed by atoms with Gasteiger partial charge in [-0.25, -0.2) is 4.52 Å². The molecule has 4 heterocycles. The fourth-order valence-electron chi connectivity index (χ4n) is 4.84. The number of aromatic nitrogens is 3. The first-order chi connectivity index (χ1) is 17.8. The van der Waals surface area contributed by atoms with E-state index in [0.29, 0.717) is 17.5 Å². The molecular weight excluding hydrogens is 460 g/mol. The largest absolute Gasteiger partial charge is 0.365 e. The van der Waals surface area contributed by atoms with Crippen LogP contribution in [0.5, 0.6) is 0 Å². The molecule has 0 aromatic carbocycles. The first kappa shape index (κ1) is 24.7. The number of hydrogen-bond acceptors (Lipinski definition) is 5. The molecular formula is C30H34N6O. The lowest BCUT2D eigenvalue weighted by molar-refractivity contribution is 0.0968. The molecule has 5 rings (SSSR count). The van der Waals surface area contributed by atoms with Crippen molar-refractivity contribution in [3.63, 3.8) is 0 Å². The molecule has 1 aliphatic heterocycles. The van der Waals surface area contributed by atoms with E-state index in [1.165, 1.54) is 0 Å². The van der Waals surface area contributed by atoms with Crippen molar-refractivity contribution in [1.82, 2.24) is 25.2 Å². The Morgan fingerprint density at radius 2 is 2.08 bits per heavy atom. The predicted octanol–water partition coefficient (Wildman–Crippen LogP) is 5.32. The van der Waals surface area contributed by atoms with Crippen LogP contribution in [0.25, 0.3) is 16.6 Å². The van der Waals surface area contributed by atoms with Crippen LogP contribution in [-0.2, 0) is 0 Å². The zero-order valence-electron chi connectivity index (χ0n) is 22.2. The van der Waals surface area contributed by atoms with E-state index in [9.17, 15) is 4.79 Å². The lowest BCUT2D eigenvalue weighted by atomic mass is 10.00. The zero-order valence-corrected chi connectivity index (χ0v) is 22.2. The number of amides is 1. The normalized spacial score (nSPS) is 18.4. The fraction of sp³-hybridized carbons (Fsp3) is 0.333. The second-order valence-corrected chi connectivity index (χ2v) is 10.1. The molecule has 0 radical (unpaired) electrons. The summed E-state index contributed by atoms with van der Waals surface area (Å²) in [5.41, 5.74) is 8.34. The summed E-state index contributed by atoms with van der Waals surface area (Å²) < 4.78 is 1.73. The first-order valence-corrected chi connectivity index (χ1v) is 13.0. The summed E-state index contributed by atoms with van der Waals surface area (Å²) in [5.74, 6) is 1.26. The van der Waals surface area contributed by atoms with Crippen LogP contribution in [0.3, 0.4) is 0 Å². The van der Waals surface area contributed by atoms with Gasteiger partial charge in [0.05, 0.1) is 23.8 Å². The number of carbonyl (C=O) groups excluding carboxylic acids is 1. The van der Waals surface area contributed by atoms with Crippen molar-refractivity contribution in [1.29, 1.82) is 0 Å². The third kappa shape index (κ3) is 4.99. The van der Waals surface area contributed by atoms with Crippen molar-refractivity contribution >= 4 is 17.3 Å². The molecule has 3 aromatic rings. The van der Waals surface area contributed by atoms with Gasteiger partial charge in [0.1, 0.15) is 5.84 Å². The number of allylic oxidation sites excluding steroid dienone is 3. The number of nitrogens with one attached hydrogen (secondary N) is 2. The number of carbonyl (C=O) groups is 1. The third-order valence-corrected chi connectivity index (χ3v) is 7.43. The average Bonchev–Trinajstić information content (AvgIpc) is 3.50. The van der Waals surface area contributed by atoms with Crippen LogP contribution in [0, 0.1) is 19.8 Å². The molecule has 1 amide bonds. The van der Waals surface area contributed by atoms with Gasteiger partial charge in [0.2, 0.25) is 0 Å². The molecule has 7 nitrogen and oxygen atoms in total. The Bertz CT molecular complexity index is 1490. The summed E-state index contributed by atoms with van der Waals surface area (Å²) >= 11 is 0. The quantitative estimate of drug-likeness (QED) is 0.486. The zero-order chi connectivity index (χ0) is 26.1. The first-order valence-electron chi connectivity index (χ1n) is 13.0. The number of hydrogen-bond donors (Lipinski definition) is 2. The summed E-state index contributed by atoms with van der Waals surface area (Å²) in [5, 5.41) is 11.2.